The molecule has 1 saturated carbocycles. The molecule has 1 aliphatic rings. The van der Waals surface area contributed by atoms with Crippen molar-refractivity contribution in [2.45, 2.75) is 44.3 Å². The number of amides is 2. The summed E-state index contributed by atoms with van der Waals surface area (Å²) in [6.45, 7) is 2.50. The zero-order valence-electron chi connectivity index (χ0n) is 11.3. The molecule has 2 unspecified atom stereocenters. The van der Waals surface area contributed by atoms with E-state index in [0.717, 1.165) is 0 Å². The van der Waals surface area contributed by atoms with E-state index in [1.165, 1.54) is 12.8 Å². The van der Waals surface area contributed by atoms with Crippen LogP contribution in [0.15, 0.2) is 0 Å². The topological polar surface area (TPSA) is 81.7 Å². The summed E-state index contributed by atoms with van der Waals surface area (Å²) in [7, 11) is 2.03. The first-order valence-corrected chi connectivity index (χ1v) is 6.38. The quantitative estimate of drug-likeness (QED) is 0.577. The lowest BCUT2D eigenvalue weighted by Gasteiger charge is -2.25. The maximum absolute atomic E-state index is 11.6. The first kappa shape index (κ1) is 15.3. The minimum atomic E-state index is -1.13. The van der Waals surface area contributed by atoms with E-state index in [0.29, 0.717) is 12.6 Å². The summed E-state index contributed by atoms with van der Waals surface area (Å²) in [4.78, 5) is 24.6. The molecule has 0 bridgehead atoms. The molecule has 2 atom stereocenters. The molecule has 1 rings (SSSR count). The van der Waals surface area contributed by atoms with Crippen molar-refractivity contribution in [2.75, 3.05) is 13.6 Å². The average molecular weight is 267 g/mol. The normalized spacial score (nSPS) is 17.4. The molecule has 0 heterocycles. The second-order valence-electron chi connectivity index (χ2n) is 4.90. The molecule has 6 nitrogen and oxygen atoms in total. The van der Waals surface area contributed by atoms with Crippen LogP contribution in [0.5, 0.6) is 0 Å². The van der Waals surface area contributed by atoms with Gasteiger partial charge in [-0.15, -0.1) is 12.3 Å². The summed E-state index contributed by atoms with van der Waals surface area (Å²) in [5, 5.41) is 13.9. The number of carboxylic acids is 1. The number of carboxylic acid groups (broad SMARTS) is 1. The number of hydrogen-bond donors (Lipinski definition) is 3. The Labute approximate surface area is 113 Å². The second-order valence-corrected chi connectivity index (χ2v) is 4.90. The zero-order chi connectivity index (χ0) is 14.4. The van der Waals surface area contributed by atoms with Crippen LogP contribution in [0.25, 0.3) is 0 Å². The second kappa shape index (κ2) is 7.00. The summed E-state index contributed by atoms with van der Waals surface area (Å²) in [5.74, 6) is 1.10. The highest BCUT2D eigenvalue weighted by Gasteiger charge is 2.29. The predicted octanol–water partition coefficient (Wildman–Crippen LogP) is 0.245. The summed E-state index contributed by atoms with van der Waals surface area (Å²) < 4.78 is 0. The third kappa shape index (κ3) is 5.18. The molecule has 3 N–H and O–H groups in total. The van der Waals surface area contributed by atoms with E-state index in [4.69, 9.17) is 11.5 Å². The third-order valence-electron chi connectivity index (χ3n) is 3.30. The van der Waals surface area contributed by atoms with E-state index in [2.05, 4.69) is 21.5 Å². The summed E-state index contributed by atoms with van der Waals surface area (Å²) in [5.41, 5.74) is 0. The van der Waals surface area contributed by atoms with Gasteiger partial charge < -0.3 is 15.7 Å². The van der Waals surface area contributed by atoms with Gasteiger partial charge in [0.15, 0.2) is 0 Å². The Morgan fingerprint density at radius 2 is 2.16 bits per heavy atom. The van der Waals surface area contributed by atoms with Gasteiger partial charge in [-0.1, -0.05) is 0 Å². The Bertz CT molecular complexity index is 374. The lowest BCUT2D eigenvalue weighted by Crippen LogP contribution is -2.49. The van der Waals surface area contributed by atoms with Gasteiger partial charge in [-0.05, 0) is 26.8 Å². The summed E-state index contributed by atoms with van der Waals surface area (Å²) in [6, 6.07) is -0.706. The number of carbonyl (C=O) groups excluding carboxylic acids is 1. The van der Waals surface area contributed by atoms with Crippen LogP contribution in [0.1, 0.15) is 26.2 Å². The number of rotatable bonds is 7. The van der Waals surface area contributed by atoms with Crippen molar-refractivity contribution in [1.82, 2.24) is 15.5 Å². The molecule has 0 spiro atoms. The Morgan fingerprint density at radius 1 is 1.53 bits per heavy atom. The fourth-order valence-electron chi connectivity index (χ4n) is 1.75. The number of hydrogen-bond acceptors (Lipinski definition) is 3. The van der Waals surface area contributed by atoms with Gasteiger partial charge in [-0.25, -0.2) is 9.59 Å². The van der Waals surface area contributed by atoms with Gasteiger partial charge in [-0.2, -0.15) is 0 Å². The van der Waals surface area contributed by atoms with Gasteiger partial charge >= 0.3 is 12.0 Å². The van der Waals surface area contributed by atoms with Crippen LogP contribution in [0.4, 0.5) is 4.79 Å². The van der Waals surface area contributed by atoms with E-state index in [1.807, 2.05) is 14.0 Å². The summed E-state index contributed by atoms with van der Waals surface area (Å²) in [6.07, 6.45) is 7.44. The standard InChI is InChI=1S/C13H21N3O3/c1-4-5-11(12(17)18)15-13(19)14-8-9(2)16(3)10-6-7-10/h1,9-11H,5-8H2,2-3H3,(H,17,18)(H2,14,15,19). The van der Waals surface area contributed by atoms with Gasteiger partial charge in [0.2, 0.25) is 0 Å². The Kier molecular flexibility index (Phi) is 5.64. The highest BCUT2D eigenvalue weighted by molar-refractivity contribution is 5.82. The number of nitrogens with one attached hydrogen (secondary N) is 2. The molecule has 6 heteroatoms. The average Bonchev–Trinajstić information content (AvgIpc) is 3.18. The van der Waals surface area contributed by atoms with Crippen molar-refractivity contribution >= 4 is 12.0 Å². The summed E-state index contributed by atoms with van der Waals surface area (Å²) >= 11 is 0. The molecule has 19 heavy (non-hydrogen) atoms. The highest BCUT2D eigenvalue weighted by atomic mass is 16.4. The molecule has 0 aliphatic heterocycles. The van der Waals surface area contributed by atoms with Crippen LogP contribution < -0.4 is 10.6 Å². The highest BCUT2D eigenvalue weighted by Crippen LogP contribution is 2.26. The third-order valence-corrected chi connectivity index (χ3v) is 3.30. The van der Waals surface area contributed by atoms with Gasteiger partial charge in [0.05, 0.1) is 0 Å². The minimum absolute atomic E-state index is 0.0275. The molecule has 2 amide bonds. The number of urea groups is 1. The fourth-order valence-corrected chi connectivity index (χ4v) is 1.75. The maximum Gasteiger partial charge on any atom is 0.327 e. The Morgan fingerprint density at radius 3 is 2.63 bits per heavy atom. The number of terminal acetylenes is 1. The van der Waals surface area contributed by atoms with Crippen LogP contribution in [-0.2, 0) is 4.79 Å². The van der Waals surface area contributed by atoms with Crippen LogP contribution in [-0.4, -0.2) is 53.7 Å². The molecule has 1 fully saturated rings. The molecule has 106 valence electrons. The van der Waals surface area contributed by atoms with Crippen molar-refractivity contribution in [3.8, 4) is 12.3 Å². The molecule has 0 radical (unpaired) electrons. The first-order valence-electron chi connectivity index (χ1n) is 6.38. The van der Waals surface area contributed by atoms with Gasteiger partial charge in [-0.3, -0.25) is 4.90 Å². The van der Waals surface area contributed by atoms with Crippen molar-refractivity contribution in [2.24, 2.45) is 0 Å². The number of likely N-dealkylation sites (N-methyl/N-ethyl adjacent to an activating group) is 1. The lowest BCUT2D eigenvalue weighted by molar-refractivity contribution is -0.139. The van der Waals surface area contributed by atoms with E-state index >= 15 is 0 Å². The van der Waals surface area contributed by atoms with Crippen molar-refractivity contribution < 1.29 is 14.7 Å². The van der Waals surface area contributed by atoms with E-state index in [1.54, 1.807) is 0 Å². The smallest absolute Gasteiger partial charge is 0.327 e. The minimum Gasteiger partial charge on any atom is -0.480 e. The fraction of sp³-hybridized carbons (Fsp3) is 0.692. The monoisotopic (exact) mass is 267 g/mol. The number of carbonyl (C=O) groups is 2. The zero-order valence-corrected chi connectivity index (χ0v) is 11.3. The molecule has 1 aliphatic carbocycles. The Hall–Kier alpha value is -1.74. The van der Waals surface area contributed by atoms with Gasteiger partial charge in [0.25, 0.3) is 0 Å². The lowest BCUT2D eigenvalue weighted by atomic mass is 10.2. The first-order chi connectivity index (χ1) is 8.95. The van der Waals surface area contributed by atoms with Crippen molar-refractivity contribution in [1.29, 1.82) is 0 Å². The predicted molar refractivity (Wildman–Crippen MR) is 71.7 cm³/mol. The van der Waals surface area contributed by atoms with Crippen LogP contribution >= 0.6 is 0 Å². The Balaban J connectivity index is 2.29. The van der Waals surface area contributed by atoms with E-state index in [-0.39, 0.29) is 12.5 Å². The molecule has 0 aromatic rings. The van der Waals surface area contributed by atoms with E-state index < -0.39 is 18.0 Å². The number of aliphatic carboxylic acids is 1. The molecule has 0 aromatic heterocycles. The molecule has 0 saturated heterocycles. The van der Waals surface area contributed by atoms with Crippen LogP contribution in [0.3, 0.4) is 0 Å². The van der Waals surface area contributed by atoms with Gasteiger partial charge in [0, 0.05) is 25.0 Å². The molecular formula is C13H21N3O3. The van der Waals surface area contributed by atoms with Crippen LogP contribution in [0.2, 0.25) is 0 Å². The number of nitrogens with zero attached hydrogens (tertiary/aromatic N) is 1. The largest absolute Gasteiger partial charge is 0.480 e. The van der Waals surface area contributed by atoms with Crippen molar-refractivity contribution in [3.63, 3.8) is 0 Å². The SMILES string of the molecule is C#CCC(NC(=O)NCC(C)N(C)C1CC1)C(=O)O. The van der Waals surface area contributed by atoms with Crippen LogP contribution in [0, 0.1) is 12.3 Å². The maximum atomic E-state index is 11.6. The van der Waals surface area contributed by atoms with Gasteiger partial charge in [0.1, 0.15) is 6.04 Å². The molecular weight excluding hydrogens is 246 g/mol. The van der Waals surface area contributed by atoms with E-state index in [9.17, 15) is 9.59 Å². The van der Waals surface area contributed by atoms with Crippen molar-refractivity contribution in [3.05, 3.63) is 0 Å². The molecule has 0 aromatic carbocycles.